The molecule has 0 bridgehead atoms. The number of carboxylic acid groups (broad SMARTS) is 3. The molecule has 0 aromatic heterocycles. The maximum atomic E-state index is 14.9. The summed E-state index contributed by atoms with van der Waals surface area (Å²) < 4.78 is 84.0. The summed E-state index contributed by atoms with van der Waals surface area (Å²) in [5, 5.41) is 126. The van der Waals surface area contributed by atoms with Gasteiger partial charge in [-0.15, -0.1) is 0 Å². The SMILES string of the molecule is CC1(C)CC[C@]2(C(=O)O[C@@H]3O[C@H](CO)[C@@H](OS(=O)(=O)O)[C@H](O)[C@H]3O)CC[C@]3(C)C(=CC[C@@H]4[C@@]5(C)CC[C@H](O[C@@H]6O[C@H](C(=O)O)[C@@H](O)[C@H](O[C@@H](OCC(=O)O)C(O)C(=O)O)[C@H]6O[C@@H]6O[C@H](CO)[C@@H](O)[C@H](O)[C@H]6O)C(C)(C)[C@@H]5CC[C@]43C)[C@@H]2C1. The molecule has 28 nitrogen and oxygen atoms in total. The van der Waals surface area contributed by atoms with Crippen LogP contribution in [0.2, 0.25) is 0 Å². The van der Waals surface area contributed by atoms with Crippen molar-refractivity contribution in [1.29, 1.82) is 0 Å². The molecule has 29 heteroatoms. The number of carboxylic acids is 3. The molecule has 5 aliphatic carbocycles. The summed E-state index contributed by atoms with van der Waals surface area (Å²) in [6, 6.07) is 0. The Kier molecular flexibility index (Phi) is 18.6. The second-order valence-corrected chi connectivity index (χ2v) is 27.0. The number of ether oxygens (including phenoxy) is 8. The topological polar surface area (TPSA) is 448 Å². The highest BCUT2D eigenvalue weighted by Crippen LogP contribution is 2.76. The standard InChI is InChI=1S/C53H82O28S/c1-48(2)14-16-53(47(69)80-45-34(62)32(60)37(25(20-55)75-45)81-82(70,71)72)17-15-51(6)22(23(53)18-48)8-9-27-50(5)12-11-28(49(3,4)26(50)10-13-52(27,51)7)76-46-40(79-44-33(61)31(59)30(58)24(19-54)74-44)38(35(63)39(78-46)42(67)68)77-43(36(64)41(65)66)73-21-29(56)57/h8,23-28,30-40,43-46,54-55,58-64H,9-21H2,1-7H3,(H,56,57)(H,65,66)(H,67,68)(H,70,71,72)/t23-,24+,25+,26-,27+,28-,30+,31-,32+,33+,34+,35-,36?,37+,38-,39-,40+,43+,44-,45-,46+,50-,51+,52+,53-/m0/s1. The number of aliphatic hydroxyl groups is 9. The van der Waals surface area contributed by atoms with E-state index in [9.17, 15) is 93.4 Å². The van der Waals surface area contributed by atoms with Crippen LogP contribution in [0.25, 0.3) is 0 Å². The molecule has 7 fully saturated rings. The van der Waals surface area contributed by atoms with Crippen molar-refractivity contribution in [1.82, 2.24) is 0 Å². The first-order chi connectivity index (χ1) is 38.0. The van der Waals surface area contributed by atoms with Crippen LogP contribution in [-0.2, 0) is 71.7 Å². The van der Waals surface area contributed by atoms with Crippen molar-refractivity contribution in [2.75, 3.05) is 19.8 Å². The van der Waals surface area contributed by atoms with Crippen LogP contribution >= 0.6 is 0 Å². The van der Waals surface area contributed by atoms with E-state index in [1.165, 1.54) is 0 Å². The van der Waals surface area contributed by atoms with Crippen LogP contribution in [0.3, 0.4) is 0 Å². The Morgan fingerprint density at radius 2 is 1.33 bits per heavy atom. The molecule has 468 valence electrons. The Morgan fingerprint density at radius 3 is 1.94 bits per heavy atom. The third kappa shape index (κ3) is 11.5. The van der Waals surface area contributed by atoms with Gasteiger partial charge in [-0.3, -0.25) is 9.35 Å². The highest BCUT2D eigenvalue weighted by Gasteiger charge is 2.70. The molecule has 0 aromatic rings. The number of rotatable bonds is 18. The monoisotopic (exact) mass is 1200 g/mol. The van der Waals surface area contributed by atoms with E-state index < -0.39 is 186 Å². The first-order valence-corrected chi connectivity index (χ1v) is 29.2. The van der Waals surface area contributed by atoms with Crippen LogP contribution in [0.5, 0.6) is 0 Å². The molecule has 0 amide bonds. The van der Waals surface area contributed by atoms with Gasteiger partial charge in [-0.25, -0.2) is 18.6 Å². The molecule has 82 heavy (non-hydrogen) atoms. The second kappa shape index (κ2) is 23.5. The van der Waals surface area contributed by atoms with E-state index in [0.29, 0.717) is 64.2 Å². The minimum absolute atomic E-state index is 0.0327. The number of carbonyl (C=O) groups excluding carboxylic acids is 1. The molecule has 3 aliphatic heterocycles. The van der Waals surface area contributed by atoms with Crippen molar-refractivity contribution in [3.8, 4) is 0 Å². The lowest BCUT2D eigenvalue weighted by molar-refractivity contribution is -0.387. The maximum absolute atomic E-state index is 14.9. The van der Waals surface area contributed by atoms with Crippen molar-refractivity contribution in [3.05, 3.63) is 11.6 Å². The number of fused-ring (bicyclic) bond motifs is 7. The van der Waals surface area contributed by atoms with Gasteiger partial charge in [0.05, 0.1) is 24.7 Å². The number of esters is 1. The van der Waals surface area contributed by atoms with Crippen LogP contribution in [-0.4, -0.2) is 229 Å². The van der Waals surface area contributed by atoms with Crippen molar-refractivity contribution in [3.63, 3.8) is 0 Å². The number of carbonyl (C=O) groups is 4. The van der Waals surface area contributed by atoms with E-state index in [-0.39, 0.29) is 28.6 Å². The smallest absolute Gasteiger partial charge is 0.397 e. The average Bonchev–Trinajstić information content (AvgIpc) is 0.730. The van der Waals surface area contributed by atoms with Gasteiger partial charge in [0.2, 0.25) is 12.4 Å². The van der Waals surface area contributed by atoms with E-state index in [4.69, 9.17) is 37.9 Å². The Balaban J connectivity index is 1.09. The van der Waals surface area contributed by atoms with Gasteiger partial charge in [0.1, 0.15) is 73.8 Å². The van der Waals surface area contributed by atoms with Crippen molar-refractivity contribution >= 4 is 34.3 Å². The van der Waals surface area contributed by atoms with Gasteiger partial charge >= 0.3 is 34.3 Å². The first-order valence-electron chi connectivity index (χ1n) is 27.8. The maximum Gasteiger partial charge on any atom is 0.397 e. The molecule has 1 unspecified atom stereocenters. The second-order valence-electron chi connectivity index (χ2n) is 26.0. The molecule has 0 spiro atoms. The Bertz CT molecular complexity index is 2510. The summed E-state index contributed by atoms with van der Waals surface area (Å²) in [5.74, 6) is -6.50. The predicted molar refractivity (Wildman–Crippen MR) is 271 cm³/mol. The van der Waals surface area contributed by atoms with Gasteiger partial charge in [0, 0.05) is 0 Å². The fourth-order valence-corrected chi connectivity index (χ4v) is 16.5. The summed E-state index contributed by atoms with van der Waals surface area (Å²) in [6.45, 7) is 12.0. The largest absolute Gasteiger partial charge is 0.480 e. The summed E-state index contributed by atoms with van der Waals surface area (Å²) >= 11 is 0. The van der Waals surface area contributed by atoms with Gasteiger partial charge in [0.15, 0.2) is 25.0 Å². The van der Waals surface area contributed by atoms with Gasteiger partial charge in [-0.2, -0.15) is 8.42 Å². The molecule has 4 saturated carbocycles. The number of aliphatic hydroxyl groups excluding tert-OH is 9. The highest BCUT2D eigenvalue weighted by molar-refractivity contribution is 7.80. The summed E-state index contributed by atoms with van der Waals surface area (Å²) in [6.07, 6.45) is -27.9. The minimum atomic E-state index is -5.17. The van der Waals surface area contributed by atoms with E-state index in [0.717, 1.165) is 5.57 Å². The van der Waals surface area contributed by atoms with Crippen molar-refractivity contribution in [2.24, 2.45) is 50.2 Å². The van der Waals surface area contributed by atoms with Gasteiger partial charge < -0.3 is 99.2 Å². The van der Waals surface area contributed by atoms with Gasteiger partial charge in [-0.1, -0.05) is 60.1 Å². The number of aliphatic carboxylic acids is 3. The number of allylic oxidation sites excluding steroid dienone is 2. The molecule has 25 atom stereocenters. The lowest BCUT2D eigenvalue weighted by Crippen LogP contribution is -2.68. The molecule has 3 heterocycles. The molecule has 3 saturated heterocycles. The average molecular weight is 1200 g/mol. The van der Waals surface area contributed by atoms with E-state index in [1.54, 1.807) is 0 Å². The van der Waals surface area contributed by atoms with Crippen LogP contribution in [0.1, 0.15) is 113 Å². The molecule has 13 N–H and O–H groups in total. The molecule has 8 aliphatic rings. The van der Waals surface area contributed by atoms with Crippen LogP contribution in [0.15, 0.2) is 11.6 Å². The highest BCUT2D eigenvalue weighted by atomic mass is 32.3. The quantitative estimate of drug-likeness (QED) is 0.0256. The Hall–Kier alpha value is -3.15. The van der Waals surface area contributed by atoms with E-state index >= 15 is 0 Å². The molecular weight excluding hydrogens is 1120 g/mol. The van der Waals surface area contributed by atoms with Gasteiger partial charge in [-0.05, 0) is 109 Å². The van der Waals surface area contributed by atoms with E-state index in [1.807, 2.05) is 13.8 Å². The number of hydrogen-bond donors (Lipinski definition) is 13. The summed E-state index contributed by atoms with van der Waals surface area (Å²) in [5.41, 5.74) is -2.29. The minimum Gasteiger partial charge on any atom is -0.480 e. The lowest BCUT2D eigenvalue weighted by atomic mass is 9.33. The summed E-state index contributed by atoms with van der Waals surface area (Å²) in [4.78, 5) is 51.4. The number of hydrogen-bond acceptors (Lipinski definition) is 24. The molecule has 8 rings (SSSR count). The van der Waals surface area contributed by atoms with E-state index in [2.05, 4.69) is 44.9 Å². The third-order valence-electron chi connectivity index (χ3n) is 20.6. The molecule has 0 radical (unpaired) electrons. The zero-order valence-corrected chi connectivity index (χ0v) is 47.6. The molecular formula is C53H82O28S. The zero-order chi connectivity index (χ0) is 60.8. The lowest BCUT2D eigenvalue weighted by Gasteiger charge is -2.71. The fraction of sp³-hybridized carbons (Fsp3) is 0.887. The summed E-state index contributed by atoms with van der Waals surface area (Å²) in [7, 11) is -5.17. The van der Waals surface area contributed by atoms with Crippen LogP contribution in [0, 0.1) is 50.2 Å². The van der Waals surface area contributed by atoms with Crippen molar-refractivity contribution in [2.45, 2.75) is 223 Å². The normalized spacial score (nSPS) is 46.1. The Morgan fingerprint density at radius 1 is 0.695 bits per heavy atom. The Labute approximate surface area is 473 Å². The van der Waals surface area contributed by atoms with Crippen LogP contribution in [0.4, 0.5) is 0 Å². The first kappa shape index (κ1) is 64.8. The third-order valence-corrected chi connectivity index (χ3v) is 21.1. The molecule has 0 aromatic carbocycles. The predicted octanol–water partition coefficient (Wildman–Crippen LogP) is -1.04. The zero-order valence-electron chi connectivity index (χ0n) is 46.7. The van der Waals surface area contributed by atoms with Crippen molar-refractivity contribution < 1.29 is 136 Å². The van der Waals surface area contributed by atoms with Gasteiger partial charge in [0.25, 0.3) is 0 Å². The van der Waals surface area contributed by atoms with Crippen LogP contribution < -0.4 is 0 Å². The fourth-order valence-electron chi connectivity index (χ4n) is 16.0.